The van der Waals surface area contributed by atoms with Gasteiger partial charge >= 0.3 is 6.36 Å². The van der Waals surface area contributed by atoms with E-state index in [0.29, 0.717) is 5.65 Å². The number of ether oxygens (including phenoxy) is 2. The van der Waals surface area contributed by atoms with Crippen LogP contribution in [0, 0.1) is 11.6 Å². The fraction of sp³-hybridized carbons (Fsp3) is 0.167. The van der Waals surface area contributed by atoms with E-state index < -0.39 is 41.9 Å². The zero-order valence-corrected chi connectivity index (χ0v) is 19.7. The van der Waals surface area contributed by atoms with Gasteiger partial charge in [-0.05, 0) is 42.5 Å². The van der Waals surface area contributed by atoms with Crippen molar-refractivity contribution in [1.82, 2.24) is 19.9 Å². The predicted molar refractivity (Wildman–Crippen MR) is 123 cm³/mol. The summed E-state index contributed by atoms with van der Waals surface area (Å²) < 4.78 is 76.6. The molecule has 0 aliphatic heterocycles. The van der Waals surface area contributed by atoms with Crippen molar-refractivity contribution in [3.8, 4) is 22.8 Å². The van der Waals surface area contributed by atoms with Gasteiger partial charge < -0.3 is 20.1 Å². The lowest BCUT2D eigenvalue weighted by Gasteiger charge is -2.14. The van der Waals surface area contributed by atoms with Gasteiger partial charge in [-0.25, -0.2) is 18.3 Å². The minimum Gasteiger partial charge on any atom is -0.493 e. The lowest BCUT2D eigenvalue weighted by atomic mass is 10.1. The van der Waals surface area contributed by atoms with E-state index >= 15 is 0 Å². The van der Waals surface area contributed by atoms with Crippen molar-refractivity contribution in [1.29, 1.82) is 0 Å². The first kappa shape index (κ1) is 26.3. The number of rotatable bonds is 7. The summed E-state index contributed by atoms with van der Waals surface area (Å²) in [6.07, 6.45) is -3.54. The van der Waals surface area contributed by atoms with Gasteiger partial charge in [-0.2, -0.15) is 5.10 Å². The van der Waals surface area contributed by atoms with Crippen molar-refractivity contribution in [3.05, 3.63) is 71.4 Å². The maximum atomic E-state index is 14.9. The highest BCUT2D eigenvalue weighted by atomic mass is 19.4. The van der Waals surface area contributed by atoms with E-state index in [2.05, 4.69) is 25.5 Å². The first-order valence-electron chi connectivity index (χ1n) is 10.8. The number of carbonyl (C=O) groups is 2. The van der Waals surface area contributed by atoms with E-state index in [-0.39, 0.29) is 34.1 Å². The number of halogens is 5. The van der Waals surface area contributed by atoms with E-state index in [1.54, 1.807) is 6.07 Å². The Morgan fingerprint density at radius 1 is 1.05 bits per heavy atom. The van der Waals surface area contributed by atoms with Crippen molar-refractivity contribution in [2.45, 2.75) is 19.8 Å². The SMILES string of the molecule is COc1c(F)cc(-c2ccc3nc(NC(C)=O)cn3n2)cc1C(=O)NCc1cc(OC(F)(F)F)ccc1F. The molecule has 0 saturated heterocycles. The summed E-state index contributed by atoms with van der Waals surface area (Å²) in [5.74, 6) is -3.83. The molecule has 2 amide bonds. The van der Waals surface area contributed by atoms with Crippen LogP contribution in [0.25, 0.3) is 16.9 Å². The van der Waals surface area contributed by atoms with Crippen LogP contribution in [0.4, 0.5) is 27.8 Å². The van der Waals surface area contributed by atoms with Crippen molar-refractivity contribution in [3.63, 3.8) is 0 Å². The van der Waals surface area contributed by atoms with Gasteiger partial charge in [0.25, 0.3) is 5.91 Å². The second-order valence-electron chi connectivity index (χ2n) is 7.85. The van der Waals surface area contributed by atoms with E-state index in [4.69, 9.17) is 4.74 Å². The van der Waals surface area contributed by atoms with Crippen LogP contribution in [0.15, 0.2) is 48.7 Å². The maximum Gasteiger partial charge on any atom is 0.573 e. The summed E-state index contributed by atoms with van der Waals surface area (Å²) >= 11 is 0. The number of aromatic nitrogens is 3. The molecule has 0 fully saturated rings. The molecule has 0 atom stereocenters. The van der Waals surface area contributed by atoms with Crippen molar-refractivity contribution < 1.29 is 41.0 Å². The number of carbonyl (C=O) groups excluding carboxylic acids is 2. The standard InChI is InChI=1S/C24H18F5N5O4/c1-12(35)31-20-11-34-21(32-20)6-5-19(33-34)13-8-16(22(37-2)18(26)9-13)23(36)30-10-14-7-15(3-4-17(14)25)38-24(27,28)29/h3-9,11H,10H2,1-2H3,(H,30,36)(H,31,35). The van der Waals surface area contributed by atoms with Gasteiger partial charge in [0.05, 0.1) is 24.6 Å². The lowest BCUT2D eigenvalue weighted by Crippen LogP contribution is -2.24. The molecule has 2 heterocycles. The molecular weight excluding hydrogens is 517 g/mol. The van der Waals surface area contributed by atoms with E-state index in [0.717, 1.165) is 31.4 Å². The molecule has 198 valence electrons. The summed E-state index contributed by atoms with van der Waals surface area (Å²) in [4.78, 5) is 28.3. The summed E-state index contributed by atoms with van der Waals surface area (Å²) in [7, 11) is 1.14. The van der Waals surface area contributed by atoms with Crippen LogP contribution in [0.2, 0.25) is 0 Å². The van der Waals surface area contributed by atoms with Gasteiger partial charge in [0.2, 0.25) is 5.91 Å². The molecule has 2 aromatic heterocycles. The molecule has 0 aliphatic carbocycles. The Labute approximate surface area is 211 Å². The topological polar surface area (TPSA) is 107 Å². The summed E-state index contributed by atoms with van der Waals surface area (Å²) in [6.45, 7) is 0.789. The number of fused-ring (bicyclic) bond motifs is 1. The Morgan fingerprint density at radius 2 is 1.82 bits per heavy atom. The van der Waals surface area contributed by atoms with Crippen LogP contribution >= 0.6 is 0 Å². The second-order valence-corrected chi connectivity index (χ2v) is 7.85. The summed E-state index contributed by atoms with van der Waals surface area (Å²) in [6, 6.07) is 7.80. The molecule has 38 heavy (non-hydrogen) atoms. The molecule has 14 heteroatoms. The van der Waals surface area contributed by atoms with E-state index in [9.17, 15) is 31.5 Å². The smallest absolute Gasteiger partial charge is 0.493 e. The lowest BCUT2D eigenvalue weighted by molar-refractivity contribution is -0.274. The molecule has 0 radical (unpaired) electrons. The van der Waals surface area contributed by atoms with Crippen molar-refractivity contribution in [2.24, 2.45) is 0 Å². The number of nitrogens with one attached hydrogen (secondary N) is 2. The molecular formula is C24H18F5N5O4. The normalized spacial score (nSPS) is 11.3. The fourth-order valence-corrected chi connectivity index (χ4v) is 3.55. The maximum absolute atomic E-state index is 14.9. The monoisotopic (exact) mass is 535 g/mol. The third-order valence-corrected chi connectivity index (χ3v) is 5.10. The number of alkyl halides is 3. The van der Waals surface area contributed by atoms with Gasteiger partial charge in [0.15, 0.2) is 23.0 Å². The van der Waals surface area contributed by atoms with Crippen LogP contribution in [0.1, 0.15) is 22.8 Å². The van der Waals surface area contributed by atoms with Crippen LogP contribution in [-0.4, -0.2) is 39.9 Å². The average molecular weight is 535 g/mol. The van der Waals surface area contributed by atoms with Crippen LogP contribution in [0.3, 0.4) is 0 Å². The number of hydrogen-bond donors (Lipinski definition) is 2. The van der Waals surface area contributed by atoms with Gasteiger partial charge in [-0.1, -0.05) is 0 Å². The quantitative estimate of drug-likeness (QED) is 0.339. The highest BCUT2D eigenvalue weighted by Crippen LogP contribution is 2.30. The molecule has 2 aromatic carbocycles. The first-order valence-corrected chi connectivity index (χ1v) is 10.8. The van der Waals surface area contributed by atoms with Crippen molar-refractivity contribution >= 4 is 23.3 Å². The van der Waals surface area contributed by atoms with Gasteiger partial charge in [0.1, 0.15) is 11.6 Å². The average Bonchev–Trinajstić information content (AvgIpc) is 3.23. The number of methoxy groups -OCH3 is 1. The molecule has 0 unspecified atom stereocenters. The molecule has 9 nitrogen and oxygen atoms in total. The Bertz CT molecular complexity index is 1540. The molecule has 4 rings (SSSR count). The summed E-state index contributed by atoms with van der Waals surface area (Å²) in [5.41, 5.74) is 0.248. The minimum atomic E-state index is -4.98. The first-order chi connectivity index (χ1) is 17.9. The molecule has 4 aromatic rings. The van der Waals surface area contributed by atoms with Gasteiger partial charge in [0, 0.05) is 24.6 Å². The predicted octanol–water partition coefficient (Wildman–Crippen LogP) is 4.47. The number of amides is 2. The molecule has 0 saturated carbocycles. The van der Waals surface area contributed by atoms with Gasteiger partial charge in [-0.15, -0.1) is 13.2 Å². The van der Waals surface area contributed by atoms with E-state index in [1.807, 2.05) is 0 Å². The number of imidazole rings is 1. The minimum absolute atomic E-state index is 0.178. The number of benzene rings is 2. The van der Waals surface area contributed by atoms with E-state index in [1.165, 1.54) is 29.8 Å². The summed E-state index contributed by atoms with van der Waals surface area (Å²) in [5, 5.41) is 9.18. The van der Waals surface area contributed by atoms with Crippen LogP contribution in [0.5, 0.6) is 11.5 Å². The van der Waals surface area contributed by atoms with Crippen molar-refractivity contribution in [2.75, 3.05) is 12.4 Å². The molecule has 2 N–H and O–H groups in total. The molecule has 0 spiro atoms. The Balaban J connectivity index is 1.61. The third-order valence-electron chi connectivity index (χ3n) is 5.10. The highest BCUT2D eigenvalue weighted by molar-refractivity contribution is 5.98. The Kier molecular flexibility index (Phi) is 7.15. The highest BCUT2D eigenvalue weighted by Gasteiger charge is 2.31. The number of nitrogens with zero attached hydrogens (tertiary/aromatic N) is 3. The number of anilines is 1. The fourth-order valence-electron chi connectivity index (χ4n) is 3.55. The Hall–Kier alpha value is -4.75. The zero-order valence-electron chi connectivity index (χ0n) is 19.7. The van der Waals surface area contributed by atoms with Gasteiger partial charge in [-0.3, -0.25) is 9.59 Å². The largest absolute Gasteiger partial charge is 0.573 e. The number of hydrogen-bond acceptors (Lipinski definition) is 6. The second kappa shape index (κ2) is 10.3. The zero-order chi connectivity index (χ0) is 27.6. The van der Waals surface area contributed by atoms with Crippen LogP contribution < -0.4 is 20.1 Å². The third kappa shape index (κ3) is 5.96. The Morgan fingerprint density at radius 3 is 2.50 bits per heavy atom. The molecule has 0 aliphatic rings. The van der Waals surface area contributed by atoms with Crippen LogP contribution in [-0.2, 0) is 11.3 Å². The molecule has 0 bridgehead atoms.